The van der Waals surface area contributed by atoms with Gasteiger partial charge in [0.15, 0.2) is 0 Å². The van der Waals surface area contributed by atoms with Gasteiger partial charge in [0.2, 0.25) is 0 Å². The van der Waals surface area contributed by atoms with Crippen LogP contribution in [0.3, 0.4) is 0 Å². The molecule has 3 nitrogen and oxygen atoms in total. The monoisotopic (exact) mass is 255 g/mol. The number of nitrogens with one attached hydrogen (secondary N) is 1. The van der Waals surface area contributed by atoms with E-state index >= 15 is 0 Å². The number of hydrogen-bond acceptors (Lipinski definition) is 3. The van der Waals surface area contributed by atoms with Gasteiger partial charge < -0.3 is 10.2 Å². The summed E-state index contributed by atoms with van der Waals surface area (Å²) in [6.45, 7) is 2.02. The van der Waals surface area contributed by atoms with Crippen LogP contribution in [0.2, 0.25) is 0 Å². The molecule has 2 fully saturated rings. The van der Waals surface area contributed by atoms with Crippen LogP contribution >= 0.6 is 0 Å². The average molecular weight is 255 g/mol. The highest BCUT2D eigenvalue weighted by Crippen LogP contribution is 2.31. The Labute approximate surface area is 115 Å². The summed E-state index contributed by atoms with van der Waals surface area (Å²) in [5.74, 6) is 0. The molecule has 2 bridgehead atoms. The highest BCUT2D eigenvalue weighted by Gasteiger charge is 2.35. The fourth-order valence-electron chi connectivity index (χ4n) is 3.55. The van der Waals surface area contributed by atoms with Crippen molar-refractivity contribution in [3.05, 3.63) is 29.3 Å². The molecule has 1 aromatic rings. The molecule has 19 heavy (non-hydrogen) atoms. The summed E-state index contributed by atoms with van der Waals surface area (Å²) >= 11 is 0. The Bertz CT molecular complexity index is 505. The van der Waals surface area contributed by atoms with Crippen LogP contribution in [0.15, 0.2) is 18.2 Å². The van der Waals surface area contributed by atoms with E-state index in [9.17, 15) is 0 Å². The number of rotatable bonds is 2. The van der Waals surface area contributed by atoms with E-state index in [1.54, 1.807) is 0 Å². The molecular weight excluding hydrogens is 234 g/mol. The van der Waals surface area contributed by atoms with E-state index in [1.165, 1.54) is 31.4 Å². The molecule has 0 spiro atoms. The molecule has 2 unspecified atom stereocenters. The van der Waals surface area contributed by atoms with Crippen LogP contribution in [0.25, 0.3) is 0 Å². The number of nitrogens with zero attached hydrogens (tertiary/aromatic N) is 2. The maximum atomic E-state index is 9.00. The first-order chi connectivity index (χ1) is 9.17. The summed E-state index contributed by atoms with van der Waals surface area (Å²) < 4.78 is 0. The third-order valence-electron chi connectivity index (χ3n) is 4.73. The van der Waals surface area contributed by atoms with Crippen LogP contribution in [0, 0.1) is 18.3 Å². The van der Waals surface area contributed by atoms with Crippen molar-refractivity contribution in [2.24, 2.45) is 0 Å². The van der Waals surface area contributed by atoms with Gasteiger partial charge in [0, 0.05) is 30.9 Å². The van der Waals surface area contributed by atoms with Gasteiger partial charge in [0.05, 0.1) is 11.6 Å². The lowest BCUT2D eigenvalue weighted by molar-refractivity contribution is 0.355. The highest BCUT2D eigenvalue weighted by atomic mass is 15.2. The Morgan fingerprint density at radius 2 is 1.95 bits per heavy atom. The standard InChI is InChI=1S/C16H21N3/c1-11-7-15(6-3-12(11)10-17)19(2)16-8-13-4-5-14(9-16)18-13/h3,6-7,13-14,16,18H,4-5,8-9H2,1-2H3. The second-order valence-corrected chi connectivity index (χ2v) is 5.99. The molecule has 1 N–H and O–H groups in total. The van der Waals surface area contributed by atoms with E-state index in [2.05, 4.69) is 35.5 Å². The Morgan fingerprint density at radius 3 is 2.53 bits per heavy atom. The SMILES string of the molecule is Cc1cc(N(C)C2CC3CCC(C2)N3)ccc1C#N. The van der Waals surface area contributed by atoms with Gasteiger partial charge in [-0.25, -0.2) is 0 Å². The summed E-state index contributed by atoms with van der Waals surface area (Å²) in [5.41, 5.74) is 3.09. The maximum Gasteiger partial charge on any atom is 0.0994 e. The molecule has 3 rings (SSSR count). The number of hydrogen-bond donors (Lipinski definition) is 1. The molecule has 1 aromatic carbocycles. The van der Waals surface area contributed by atoms with Gasteiger partial charge in [-0.15, -0.1) is 0 Å². The Hall–Kier alpha value is -1.53. The quantitative estimate of drug-likeness (QED) is 0.883. The van der Waals surface area contributed by atoms with E-state index in [0.29, 0.717) is 18.1 Å². The van der Waals surface area contributed by atoms with Crippen LogP contribution in [0.5, 0.6) is 0 Å². The van der Waals surface area contributed by atoms with Crippen molar-refractivity contribution in [3.63, 3.8) is 0 Å². The molecule has 2 atom stereocenters. The molecule has 100 valence electrons. The fourth-order valence-corrected chi connectivity index (χ4v) is 3.55. The molecule has 2 aliphatic heterocycles. The van der Waals surface area contributed by atoms with Crippen LogP contribution in [0.1, 0.15) is 36.8 Å². The minimum Gasteiger partial charge on any atom is -0.371 e. The minimum atomic E-state index is 0.631. The van der Waals surface area contributed by atoms with Crippen molar-refractivity contribution >= 4 is 5.69 Å². The number of piperidine rings is 1. The summed E-state index contributed by atoms with van der Waals surface area (Å²) in [6.07, 6.45) is 5.15. The zero-order chi connectivity index (χ0) is 13.4. The molecule has 0 aromatic heterocycles. The summed E-state index contributed by atoms with van der Waals surface area (Å²) in [7, 11) is 2.19. The summed E-state index contributed by atoms with van der Waals surface area (Å²) in [5, 5.41) is 12.7. The van der Waals surface area contributed by atoms with E-state index in [0.717, 1.165) is 11.1 Å². The number of aryl methyl sites for hydroxylation is 1. The first kappa shape index (κ1) is 12.5. The molecule has 2 saturated heterocycles. The average Bonchev–Trinajstić information content (AvgIpc) is 2.76. The highest BCUT2D eigenvalue weighted by molar-refractivity contribution is 5.53. The number of nitriles is 1. The maximum absolute atomic E-state index is 9.00. The van der Waals surface area contributed by atoms with Crippen LogP contribution in [-0.2, 0) is 0 Å². The first-order valence-electron chi connectivity index (χ1n) is 7.17. The lowest BCUT2D eigenvalue weighted by atomic mass is 9.97. The van der Waals surface area contributed by atoms with Gasteiger partial charge in [-0.1, -0.05) is 0 Å². The number of benzene rings is 1. The predicted octanol–water partition coefficient (Wildman–Crippen LogP) is 2.59. The van der Waals surface area contributed by atoms with E-state index < -0.39 is 0 Å². The van der Waals surface area contributed by atoms with Gasteiger partial charge >= 0.3 is 0 Å². The van der Waals surface area contributed by atoms with Crippen LogP contribution in [-0.4, -0.2) is 25.2 Å². The van der Waals surface area contributed by atoms with E-state index in [1.807, 2.05) is 13.0 Å². The van der Waals surface area contributed by atoms with Crippen molar-refractivity contribution < 1.29 is 0 Å². The lowest BCUT2D eigenvalue weighted by Crippen LogP contribution is -2.47. The zero-order valence-electron chi connectivity index (χ0n) is 11.7. The summed E-state index contributed by atoms with van der Waals surface area (Å²) in [6, 6.07) is 10.5. The first-order valence-corrected chi connectivity index (χ1v) is 7.17. The number of fused-ring (bicyclic) bond motifs is 2. The van der Waals surface area contributed by atoms with E-state index in [-0.39, 0.29) is 0 Å². The molecule has 2 heterocycles. The predicted molar refractivity (Wildman–Crippen MR) is 77.3 cm³/mol. The fraction of sp³-hybridized carbons (Fsp3) is 0.562. The molecule has 2 aliphatic rings. The summed E-state index contributed by atoms with van der Waals surface area (Å²) in [4.78, 5) is 2.40. The van der Waals surface area contributed by atoms with Crippen molar-refractivity contribution in [1.82, 2.24) is 5.32 Å². The van der Waals surface area contributed by atoms with Gasteiger partial charge in [0.1, 0.15) is 0 Å². The van der Waals surface area contributed by atoms with Crippen molar-refractivity contribution in [2.45, 2.75) is 50.7 Å². The molecule has 0 amide bonds. The molecule has 0 radical (unpaired) electrons. The second kappa shape index (κ2) is 4.86. The van der Waals surface area contributed by atoms with Crippen LogP contribution in [0.4, 0.5) is 5.69 Å². The zero-order valence-corrected chi connectivity index (χ0v) is 11.7. The Balaban J connectivity index is 1.78. The van der Waals surface area contributed by atoms with Gasteiger partial charge in [-0.2, -0.15) is 5.26 Å². The largest absolute Gasteiger partial charge is 0.371 e. The third kappa shape index (κ3) is 2.33. The van der Waals surface area contributed by atoms with E-state index in [4.69, 9.17) is 5.26 Å². The Morgan fingerprint density at radius 1 is 1.26 bits per heavy atom. The van der Waals surface area contributed by atoms with Crippen molar-refractivity contribution in [3.8, 4) is 6.07 Å². The van der Waals surface area contributed by atoms with Crippen LogP contribution < -0.4 is 10.2 Å². The molecule has 0 saturated carbocycles. The van der Waals surface area contributed by atoms with Gasteiger partial charge in [0.25, 0.3) is 0 Å². The van der Waals surface area contributed by atoms with Crippen molar-refractivity contribution in [1.29, 1.82) is 5.26 Å². The third-order valence-corrected chi connectivity index (χ3v) is 4.73. The van der Waals surface area contributed by atoms with Gasteiger partial charge in [-0.05, 0) is 56.4 Å². The Kier molecular flexibility index (Phi) is 3.20. The topological polar surface area (TPSA) is 39.1 Å². The van der Waals surface area contributed by atoms with Gasteiger partial charge in [-0.3, -0.25) is 0 Å². The minimum absolute atomic E-state index is 0.631. The normalized spacial score (nSPS) is 29.0. The van der Waals surface area contributed by atoms with Crippen molar-refractivity contribution in [2.75, 3.05) is 11.9 Å². The molecule has 3 heteroatoms. The number of anilines is 1. The molecule has 0 aliphatic carbocycles. The lowest BCUT2D eigenvalue weighted by Gasteiger charge is -2.37. The second-order valence-electron chi connectivity index (χ2n) is 5.99. The smallest absolute Gasteiger partial charge is 0.0994 e. The molecular formula is C16H21N3.